The van der Waals surface area contributed by atoms with Crippen molar-refractivity contribution in [3.8, 4) is 0 Å². The van der Waals surface area contributed by atoms with Crippen molar-refractivity contribution in [2.24, 2.45) is 0 Å². The Morgan fingerprint density at radius 1 is 1.05 bits per heavy atom. The largest absolute Gasteiger partial charge is 0.352 e. The Hall–Kier alpha value is -1.20. The van der Waals surface area contributed by atoms with Gasteiger partial charge >= 0.3 is 0 Å². The van der Waals surface area contributed by atoms with Gasteiger partial charge in [-0.05, 0) is 43.9 Å². The van der Waals surface area contributed by atoms with E-state index in [4.69, 9.17) is 0 Å². The Morgan fingerprint density at radius 3 is 2.59 bits per heavy atom. The second-order valence-electron chi connectivity index (χ2n) is 6.91. The van der Waals surface area contributed by atoms with Gasteiger partial charge in [-0.2, -0.15) is 5.10 Å². The minimum atomic E-state index is 0.719. The first-order chi connectivity index (χ1) is 10.8. The van der Waals surface area contributed by atoms with Gasteiger partial charge in [0.2, 0.25) is 0 Å². The van der Waals surface area contributed by atoms with E-state index in [0.717, 1.165) is 31.4 Å². The zero-order valence-electron chi connectivity index (χ0n) is 13.7. The molecule has 22 heavy (non-hydrogen) atoms. The van der Waals surface area contributed by atoms with Gasteiger partial charge in [0.25, 0.3) is 0 Å². The van der Waals surface area contributed by atoms with Crippen molar-refractivity contribution in [2.75, 3.05) is 50.7 Å². The average Bonchev–Trinajstić information content (AvgIpc) is 2.54. The molecule has 2 saturated heterocycles. The third kappa shape index (κ3) is 2.72. The van der Waals surface area contributed by atoms with Crippen LogP contribution >= 0.6 is 0 Å². The molecule has 1 aromatic rings. The van der Waals surface area contributed by atoms with E-state index in [-0.39, 0.29) is 0 Å². The zero-order valence-corrected chi connectivity index (χ0v) is 13.7. The number of nitrogens with zero attached hydrogens (tertiary/aromatic N) is 5. The third-order valence-corrected chi connectivity index (χ3v) is 5.61. The highest BCUT2D eigenvalue weighted by atomic mass is 15.4. The van der Waals surface area contributed by atoms with Gasteiger partial charge in [0.05, 0.1) is 5.69 Å². The van der Waals surface area contributed by atoms with Gasteiger partial charge in [-0.15, -0.1) is 5.10 Å². The van der Waals surface area contributed by atoms with Crippen LogP contribution in [0.4, 0.5) is 5.82 Å². The molecule has 1 aliphatic carbocycles. The SMILES string of the molecule is CCN1CCN(C2CN(c3cc4c(nn3)CCCC4)C2)CC1. The van der Waals surface area contributed by atoms with Crippen molar-refractivity contribution in [3.63, 3.8) is 0 Å². The highest BCUT2D eigenvalue weighted by Gasteiger charge is 2.34. The summed E-state index contributed by atoms with van der Waals surface area (Å²) in [4.78, 5) is 7.61. The normalized spacial score (nSPS) is 24.1. The Morgan fingerprint density at radius 2 is 1.82 bits per heavy atom. The summed E-state index contributed by atoms with van der Waals surface area (Å²) in [6.07, 6.45) is 4.89. The molecule has 0 amide bonds. The number of likely N-dealkylation sites (N-methyl/N-ethyl adjacent to an activating group) is 1. The molecule has 0 unspecified atom stereocenters. The van der Waals surface area contributed by atoms with Crippen LogP contribution in [0, 0.1) is 0 Å². The first-order valence-corrected chi connectivity index (χ1v) is 8.90. The highest BCUT2D eigenvalue weighted by molar-refractivity contribution is 5.45. The van der Waals surface area contributed by atoms with Gasteiger partial charge < -0.3 is 9.80 Å². The molecular weight excluding hydrogens is 274 g/mol. The van der Waals surface area contributed by atoms with E-state index in [9.17, 15) is 0 Å². The smallest absolute Gasteiger partial charge is 0.151 e. The molecule has 120 valence electrons. The van der Waals surface area contributed by atoms with Crippen molar-refractivity contribution >= 4 is 5.82 Å². The van der Waals surface area contributed by atoms with Gasteiger partial charge in [-0.1, -0.05) is 6.92 Å². The molecule has 0 bridgehead atoms. The summed E-state index contributed by atoms with van der Waals surface area (Å²) >= 11 is 0. The zero-order chi connectivity index (χ0) is 14.9. The quantitative estimate of drug-likeness (QED) is 0.838. The van der Waals surface area contributed by atoms with Crippen LogP contribution in [-0.2, 0) is 12.8 Å². The fraction of sp³-hybridized carbons (Fsp3) is 0.765. The number of aryl methyl sites for hydroxylation is 2. The lowest BCUT2D eigenvalue weighted by molar-refractivity contribution is 0.0858. The third-order valence-electron chi connectivity index (χ3n) is 5.61. The lowest BCUT2D eigenvalue weighted by Gasteiger charge is -2.48. The summed E-state index contributed by atoms with van der Waals surface area (Å²) in [5, 5.41) is 8.94. The van der Waals surface area contributed by atoms with Crippen molar-refractivity contribution in [1.29, 1.82) is 0 Å². The van der Waals surface area contributed by atoms with Crippen LogP contribution < -0.4 is 4.90 Å². The van der Waals surface area contributed by atoms with Gasteiger partial charge in [-0.25, -0.2) is 0 Å². The molecule has 4 rings (SSSR count). The molecule has 0 atom stereocenters. The maximum atomic E-state index is 4.47. The van der Waals surface area contributed by atoms with E-state index in [0.29, 0.717) is 0 Å². The number of rotatable bonds is 3. The average molecular weight is 301 g/mol. The molecule has 0 saturated carbocycles. The van der Waals surface area contributed by atoms with Crippen LogP contribution in [-0.4, -0.2) is 71.9 Å². The molecule has 1 aromatic heterocycles. The number of fused-ring (bicyclic) bond motifs is 1. The van der Waals surface area contributed by atoms with Gasteiger partial charge in [0.1, 0.15) is 0 Å². The maximum absolute atomic E-state index is 4.47. The molecule has 0 radical (unpaired) electrons. The second-order valence-corrected chi connectivity index (χ2v) is 6.91. The first-order valence-electron chi connectivity index (χ1n) is 8.90. The van der Waals surface area contributed by atoms with Crippen molar-refractivity contribution < 1.29 is 0 Å². The topological polar surface area (TPSA) is 35.5 Å². The van der Waals surface area contributed by atoms with Gasteiger partial charge in [-0.3, -0.25) is 4.90 Å². The van der Waals surface area contributed by atoms with E-state index in [2.05, 4.69) is 37.9 Å². The molecule has 3 heterocycles. The summed E-state index contributed by atoms with van der Waals surface area (Å²) in [5.41, 5.74) is 2.68. The van der Waals surface area contributed by atoms with Crippen LogP contribution in [0.2, 0.25) is 0 Å². The molecule has 5 heteroatoms. The predicted molar refractivity (Wildman–Crippen MR) is 88.4 cm³/mol. The standard InChI is InChI=1S/C17H27N5/c1-2-20-7-9-21(10-8-20)15-12-22(13-15)17-11-14-5-3-4-6-16(14)18-19-17/h11,15H,2-10,12-13H2,1H3. The van der Waals surface area contributed by atoms with E-state index >= 15 is 0 Å². The lowest BCUT2D eigenvalue weighted by atomic mass is 9.96. The van der Waals surface area contributed by atoms with Crippen LogP contribution in [0.15, 0.2) is 6.07 Å². The number of hydrogen-bond acceptors (Lipinski definition) is 5. The van der Waals surface area contributed by atoms with Gasteiger partial charge in [0, 0.05) is 45.3 Å². The molecule has 0 aromatic carbocycles. The molecule has 2 aliphatic heterocycles. The molecular formula is C17H27N5. The van der Waals surface area contributed by atoms with E-state index in [1.807, 2.05) is 0 Å². The molecule has 0 N–H and O–H groups in total. The first kappa shape index (κ1) is 14.4. The maximum Gasteiger partial charge on any atom is 0.151 e. The molecule has 0 spiro atoms. The van der Waals surface area contributed by atoms with E-state index < -0.39 is 0 Å². The Labute approximate surface area is 133 Å². The minimum Gasteiger partial charge on any atom is -0.352 e. The van der Waals surface area contributed by atoms with Crippen LogP contribution in [0.3, 0.4) is 0 Å². The van der Waals surface area contributed by atoms with Crippen LogP contribution in [0.5, 0.6) is 0 Å². The summed E-state index contributed by atoms with van der Waals surface area (Å²) in [5.74, 6) is 1.10. The highest BCUT2D eigenvalue weighted by Crippen LogP contribution is 2.26. The van der Waals surface area contributed by atoms with Crippen molar-refractivity contribution in [3.05, 3.63) is 17.3 Å². The monoisotopic (exact) mass is 301 g/mol. The van der Waals surface area contributed by atoms with Crippen molar-refractivity contribution in [2.45, 2.75) is 38.6 Å². The number of hydrogen-bond donors (Lipinski definition) is 0. The fourth-order valence-electron chi connectivity index (χ4n) is 3.95. The molecule has 2 fully saturated rings. The summed E-state index contributed by atoms with van der Waals surface area (Å²) in [6, 6.07) is 3.02. The van der Waals surface area contributed by atoms with Crippen LogP contribution in [0.1, 0.15) is 31.0 Å². The number of anilines is 1. The molecule has 5 nitrogen and oxygen atoms in total. The lowest BCUT2D eigenvalue weighted by Crippen LogP contribution is -2.63. The number of aromatic nitrogens is 2. The van der Waals surface area contributed by atoms with E-state index in [1.165, 1.54) is 63.2 Å². The van der Waals surface area contributed by atoms with Crippen LogP contribution in [0.25, 0.3) is 0 Å². The fourth-order valence-corrected chi connectivity index (χ4v) is 3.95. The minimum absolute atomic E-state index is 0.719. The predicted octanol–water partition coefficient (Wildman–Crippen LogP) is 1.18. The Balaban J connectivity index is 1.33. The summed E-state index contributed by atoms with van der Waals surface area (Å²) < 4.78 is 0. The summed E-state index contributed by atoms with van der Waals surface area (Å²) in [6.45, 7) is 10.6. The Kier molecular flexibility index (Phi) is 4.01. The molecule has 3 aliphatic rings. The summed E-state index contributed by atoms with van der Waals surface area (Å²) in [7, 11) is 0. The Bertz CT molecular complexity index is 518. The van der Waals surface area contributed by atoms with Crippen molar-refractivity contribution in [1.82, 2.24) is 20.0 Å². The second kappa shape index (κ2) is 6.13. The number of piperazine rings is 1. The van der Waals surface area contributed by atoms with Gasteiger partial charge in [0.15, 0.2) is 5.82 Å². The van der Waals surface area contributed by atoms with E-state index in [1.54, 1.807) is 0 Å².